The molecular formula is C15H16. The van der Waals surface area contributed by atoms with Crippen LogP contribution in [0.3, 0.4) is 0 Å². The molecule has 1 rings (SSSR count). The molecule has 0 N–H and O–H groups in total. The first-order valence-corrected chi connectivity index (χ1v) is 4.94. The van der Waals surface area contributed by atoms with Gasteiger partial charge in [-0.25, -0.2) is 0 Å². The van der Waals surface area contributed by atoms with E-state index in [-0.39, 0.29) is 0 Å². The molecule has 0 aliphatic carbocycles. The van der Waals surface area contributed by atoms with Gasteiger partial charge in [-0.15, -0.1) is 11.5 Å². The van der Waals surface area contributed by atoms with Crippen LogP contribution in [0.1, 0.15) is 30.5 Å². The summed E-state index contributed by atoms with van der Waals surface area (Å²) in [7, 11) is 0. The molecule has 76 valence electrons. The lowest BCUT2D eigenvalue weighted by Crippen LogP contribution is -1.86. The van der Waals surface area contributed by atoms with E-state index < -0.39 is 0 Å². The fourth-order valence-corrected chi connectivity index (χ4v) is 1.42. The zero-order chi connectivity index (χ0) is 11.4. The lowest BCUT2D eigenvalue weighted by molar-refractivity contribution is 1.41. The molecule has 0 saturated carbocycles. The van der Waals surface area contributed by atoms with E-state index in [2.05, 4.69) is 49.7 Å². The zero-order valence-corrected chi connectivity index (χ0v) is 9.65. The molecule has 0 saturated heterocycles. The Morgan fingerprint density at radius 2 is 1.33 bits per heavy atom. The summed E-state index contributed by atoms with van der Waals surface area (Å²) in [5, 5.41) is 0. The summed E-state index contributed by atoms with van der Waals surface area (Å²) in [6, 6.07) is 6.38. The van der Waals surface area contributed by atoms with Gasteiger partial charge in [-0.2, -0.15) is 0 Å². The van der Waals surface area contributed by atoms with E-state index in [9.17, 15) is 0 Å². The maximum Gasteiger partial charge on any atom is -0.00249 e. The molecule has 0 heterocycles. The van der Waals surface area contributed by atoms with Crippen molar-refractivity contribution >= 4 is 11.1 Å². The van der Waals surface area contributed by atoms with Gasteiger partial charge >= 0.3 is 0 Å². The van der Waals surface area contributed by atoms with Crippen molar-refractivity contribution in [1.82, 2.24) is 0 Å². The minimum atomic E-state index is 1.07. The molecular weight excluding hydrogens is 180 g/mol. The van der Waals surface area contributed by atoms with E-state index in [1.165, 1.54) is 5.56 Å². The van der Waals surface area contributed by atoms with Crippen LogP contribution in [0.15, 0.2) is 42.8 Å². The Morgan fingerprint density at radius 3 is 1.67 bits per heavy atom. The van der Waals surface area contributed by atoms with Crippen LogP contribution in [0.4, 0.5) is 0 Å². The number of allylic oxidation sites excluding steroid dienone is 2. The summed E-state index contributed by atoms with van der Waals surface area (Å²) in [5.74, 6) is 0. The molecule has 0 fully saturated rings. The molecule has 0 atom stereocenters. The smallest absolute Gasteiger partial charge is 0.00249 e. The quantitative estimate of drug-likeness (QED) is 0.616. The first-order valence-electron chi connectivity index (χ1n) is 4.94. The normalized spacial score (nSPS) is 9.00. The van der Waals surface area contributed by atoms with Gasteiger partial charge in [-0.3, -0.25) is 0 Å². The molecule has 0 unspecified atom stereocenters. The van der Waals surface area contributed by atoms with Gasteiger partial charge in [0.15, 0.2) is 0 Å². The Hall–Kier alpha value is -1.74. The number of rotatable bonds is 2. The van der Waals surface area contributed by atoms with Gasteiger partial charge in [0, 0.05) is 0 Å². The molecule has 0 spiro atoms. The molecule has 0 bridgehead atoms. The van der Waals surface area contributed by atoms with Crippen molar-refractivity contribution in [3.05, 3.63) is 59.5 Å². The van der Waals surface area contributed by atoms with Gasteiger partial charge in [-0.1, -0.05) is 25.3 Å². The molecule has 0 aromatic heterocycles. The maximum absolute atomic E-state index is 3.66. The standard InChI is InChI=1S/C15H16/c1-6-12(4)14-8-11(3)9-15(10-14)13(5)7-2/h8-10H,1-2H2,3-5H3. The van der Waals surface area contributed by atoms with Crippen molar-refractivity contribution in [2.24, 2.45) is 0 Å². The molecule has 1 aromatic rings. The SMILES string of the molecule is C=C=C(C)c1cc(C)cc(C(C)=C=C)c1. The fourth-order valence-electron chi connectivity index (χ4n) is 1.42. The highest BCUT2D eigenvalue weighted by atomic mass is 14.0. The third-order valence-electron chi connectivity index (χ3n) is 2.47. The average Bonchev–Trinajstić information content (AvgIpc) is 2.26. The second kappa shape index (κ2) is 4.66. The van der Waals surface area contributed by atoms with Crippen LogP contribution in [0.5, 0.6) is 0 Å². The van der Waals surface area contributed by atoms with E-state index in [1.807, 2.05) is 13.8 Å². The highest BCUT2D eigenvalue weighted by molar-refractivity contribution is 5.71. The minimum absolute atomic E-state index is 1.07. The van der Waals surface area contributed by atoms with Crippen molar-refractivity contribution in [2.45, 2.75) is 20.8 Å². The van der Waals surface area contributed by atoms with Gasteiger partial charge in [0.25, 0.3) is 0 Å². The van der Waals surface area contributed by atoms with Crippen LogP contribution in [0, 0.1) is 6.92 Å². The predicted molar refractivity (Wildman–Crippen MR) is 67.6 cm³/mol. The van der Waals surface area contributed by atoms with Crippen LogP contribution >= 0.6 is 0 Å². The molecule has 0 nitrogen and oxygen atoms in total. The minimum Gasteiger partial charge on any atom is -0.125 e. The van der Waals surface area contributed by atoms with E-state index in [0.717, 1.165) is 22.3 Å². The van der Waals surface area contributed by atoms with Crippen LogP contribution in [0.2, 0.25) is 0 Å². The monoisotopic (exact) mass is 196 g/mol. The molecule has 15 heavy (non-hydrogen) atoms. The van der Waals surface area contributed by atoms with E-state index in [4.69, 9.17) is 0 Å². The first kappa shape index (κ1) is 11.3. The van der Waals surface area contributed by atoms with Crippen molar-refractivity contribution in [3.63, 3.8) is 0 Å². The summed E-state index contributed by atoms with van der Waals surface area (Å²) in [6.45, 7) is 13.4. The van der Waals surface area contributed by atoms with E-state index in [1.54, 1.807) is 0 Å². The lowest BCUT2D eigenvalue weighted by Gasteiger charge is -2.06. The Morgan fingerprint density at radius 1 is 0.933 bits per heavy atom. The molecule has 0 radical (unpaired) electrons. The Kier molecular flexibility index (Phi) is 3.52. The number of hydrogen-bond acceptors (Lipinski definition) is 0. The first-order chi connectivity index (χ1) is 7.08. The summed E-state index contributed by atoms with van der Waals surface area (Å²) in [6.07, 6.45) is 0. The molecule has 0 heteroatoms. The third kappa shape index (κ3) is 2.60. The van der Waals surface area contributed by atoms with Crippen LogP contribution < -0.4 is 0 Å². The van der Waals surface area contributed by atoms with Gasteiger partial charge in [0.1, 0.15) is 0 Å². The second-order valence-corrected chi connectivity index (χ2v) is 3.69. The highest BCUT2D eigenvalue weighted by Crippen LogP contribution is 2.21. The van der Waals surface area contributed by atoms with Crippen molar-refractivity contribution < 1.29 is 0 Å². The van der Waals surface area contributed by atoms with Crippen LogP contribution in [0.25, 0.3) is 11.1 Å². The second-order valence-electron chi connectivity index (χ2n) is 3.69. The Labute approximate surface area is 92.0 Å². The molecule has 0 aliphatic heterocycles. The Balaban J connectivity index is 3.41. The van der Waals surface area contributed by atoms with Gasteiger partial charge in [-0.05, 0) is 54.7 Å². The molecule has 1 aromatic carbocycles. The Bertz CT molecular complexity index is 435. The number of hydrogen-bond donors (Lipinski definition) is 0. The van der Waals surface area contributed by atoms with Gasteiger partial charge in [0.2, 0.25) is 0 Å². The molecule has 0 amide bonds. The van der Waals surface area contributed by atoms with Crippen LogP contribution in [-0.4, -0.2) is 0 Å². The fraction of sp³-hybridized carbons (Fsp3) is 0.200. The van der Waals surface area contributed by atoms with Crippen molar-refractivity contribution in [1.29, 1.82) is 0 Å². The van der Waals surface area contributed by atoms with Gasteiger partial charge in [0.05, 0.1) is 0 Å². The summed E-state index contributed by atoms with van der Waals surface area (Å²) >= 11 is 0. The summed E-state index contributed by atoms with van der Waals surface area (Å²) in [4.78, 5) is 0. The molecule has 0 aliphatic rings. The van der Waals surface area contributed by atoms with Crippen molar-refractivity contribution in [2.75, 3.05) is 0 Å². The zero-order valence-electron chi connectivity index (χ0n) is 9.65. The number of benzene rings is 1. The van der Waals surface area contributed by atoms with Gasteiger partial charge < -0.3 is 0 Å². The third-order valence-corrected chi connectivity index (χ3v) is 2.47. The maximum atomic E-state index is 3.66. The highest BCUT2D eigenvalue weighted by Gasteiger charge is 2.01. The number of aryl methyl sites for hydroxylation is 1. The lowest BCUT2D eigenvalue weighted by atomic mass is 9.98. The van der Waals surface area contributed by atoms with E-state index in [0.29, 0.717) is 0 Å². The largest absolute Gasteiger partial charge is 0.125 e. The predicted octanol–water partition coefficient (Wildman–Crippen LogP) is 4.37. The average molecular weight is 196 g/mol. The van der Waals surface area contributed by atoms with E-state index >= 15 is 0 Å². The topological polar surface area (TPSA) is 0 Å². The van der Waals surface area contributed by atoms with Crippen LogP contribution in [-0.2, 0) is 0 Å². The van der Waals surface area contributed by atoms with Crippen molar-refractivity contribution in [3.8, 4) is 0 Å². The summed E-state index contributed by atoms with van der Waals surface area (Å²) in [5.41, 5.74) is 11.5. The summed E-state index contributed by atoms with van der Waals surface area (Å²) < 4.78 is 0.